The average Bonchev–Trinajstić information content (AvgIpc) is 2.75. The molecule has 0 unspecified atom stereocenters. The first kappa shape index (κ1) is 21.7. The number of terminal acetylenes is 1. The Morgan fingerprint density at radius 3 is 2.48 bits per heavy atom. The van der Waals surface area contributed by atoms with Gasteiger partial charge in [-0.25, -0.2) is 0 Å². The lowest BCUT2D eigenvalue weighted by atomic mass is 10.1. The third kappa shape index (κ3) is 7.51. The van der Waals surface area contributed by atoms with Gasteiger partial charge in [0.2, 0.25) is 11.8 Å². The summed E-state index contributed by atoms with van der Waals surface area (Å²) in [4.78, 5) is 36.0. The summed E-state index contributed by atoms with van der Waals surface area (Å²) in [6.45, 7) is 2.45. The number of ketones is 1. The summed E-state index contributed by atoms with van der Waals surface area (Å²) in [5.41, 5.74) is 1.73. The van der Waals surface area contributed by atoms with Crippen molar-refractivity contribution in [3.05, 3.63) is 59.7 Å². The summed E-state index contributed by atoms with van der Waals surface area (Å²) < 4.78 is 5.47. The minimum atomic E-state index is -0.374. The molecule has 0 saturated carbocycles. The topological polar surface area (TPSA) is 84.5 Å². The van der Waals surface area contributed by atoms with E-state index in [1.165, 1.54) is 0 Å². The van der Waals surface area contributed by atoms with Crippen LogP contribution in [0.5, 0.6) is 5.75 Å². The molecule has 2 aromatic rings. The van der Waals surface area contributed by atoms with Gasteiger partial charge in [0.15, 0.2) is 5.78 Å². The third-order valence-corrected chi connectivity index (χ3v) is 3.99. The number of hydrogen-bond acceptors (Lipinski definition) is 4. The maximum atomic E-state index is 12.2. The van der Waals surface area contributed by atoms with E-state index in [0.29, 0.717) is 29.2 Å². The number of hydrogen-bond donors (Lipinski definition) is 2. The highest BCUT2D eigenvalue weighted by molar-refractivity contribution is 5.99. The first-order valence-electron chi connectivity index (χ1n) is 9.41. The predicted molar refractivity (Wildman–Crippen MR) is 112 cm³/mol. The van der Waals surface area contributed by atoms with Gasteiger partial charge in [-0.15, -0.1) is 6.42 Å². The van der Waals surface area contributed by atoms with Crippen LogP contribution < -0.4 is 15.4 Å². The Bertz CT molecular complexity index is 898. The van der Waals surface area contributed by atoms with Crippen molar-refractivity contribution in [2.24, 2.45) is 0 Å². The van der Waals surface area contributed by atoms with Crippen molar-refractivity contribution >= 4 is 23.3 Å². The highest BCUT2D eigenvalue weighted by Crippen LogP contribution is 2.14. The van der Waals surface area contributed by atoms with Crippen LogP contribution >= 0.6 is 0 Å². The van der Waals surface area contributed by atoms with Crippen molar-refractivity contribution in [2.45, 2.75) is 26.2 Å². The number of anilines is 1. The van der Waals surface area contributed by atoms with E-state index >= 15 is 0 Å². The second kappa shape index (κ2) is 11.3. The van der Waals surface area contributed by atoms with Gasteiger partial charge in [0, 0.05) is 29.7 Å². The van der Waals surface area contributed by atoms with Gasteiger partial charge >= 0.3 is 0 Å². The van der Waals surface area contributed by atoms with Gasteiger partial charge in [-0.1, -0.05) is 18.9 Å². The van der Waals surface area contributed by atoms with Gasteiger partial charge < -0.3 is 15.4 Å². The van der Waals surface area contributed by atoms with Gasteiger partial charge in [0.05, 0.1) is 13.2 Å². The Labute approximate surface area is 170 Å². The molecule has 0 atom stereocenters. The van der Waals surface area contributed by atoms with Crippen molar-refractivity contribution < 1.29 is 19.1 Å². The van der Waals surface area contributed by atoms with Crippen LogP contribution in [0.25, 0.3) is 0 Å². The molecule has 2 N–H and O–H groups in total. The fourth-order valence-corrected chi connectivity index (χ4v) is 2.49. The van der Waals surface area contributed by atoms with Crippen molar-refractivity contribution in [3.63, 3.8) is 0 Å². The van der Waals surface area contributed by atoms with E-state index in [1.807, 2.05) is 6.92 Å². The molecule has 6 nitrogen and oxygen atoms in total. The monoisotopic (exact) mass is 392 g/mol. The van der Waals surface area contributed by atoms with Gasteiger partial charge in [-0.2, -0.15) is 0 Å². The van der Waals surface area contributed by atoms with E-state index in [1.54, 1.807) is 48.5 Å². The third-order valence-electron chi connectivity index (χ3n) is 3.99. The van der Waals surface area contributed by atoms with E-state index < -0.39 is 0 Å². The number of benzene rings is 2. The van der Waals surface area contributed by atoms with Gasteiger partial charge in [0.1, 0.15) is 5.75 Å². The van der Waals surface area contributed by atoms with Crippen LogP contribution in [0.2, 0.25) is 0 Å². The molecular weight excluding hydrogens is 368 g/mol. The van der Waals surface area contributed by atoms with E-state index in [2.05, 4.69) is 16.6 Å². The number of rotatable bonds is 10. The number of ether oxygens (including phenoxy) is 1. The van der Waals surface area contributed by atoms with E-state index in [4.69, 9.17) is 11.2 Å². The van der Waals surface area contributed by atoms with Crippen LogP contribution in [-0.2, 0) is 9.59 Å². The lowest BCUT2D eigenvalue weighted by Gasteiger charge is -2.08. The maximum absolute atomic E-state index is 12.2. The Hall–Kier alpha value is -3.59. The fourth-order valence-electron chi connectivity index (χ4n) is 2.49. The molecule has 6 heteroatoms. The maximum Gasteiger partial charge on any atom is 0.243 e. The van der Waals surface area contributed by atoms with Crippen LogP contribution in [0.3, 0.4) is 0 Å². The molecule has 2 rings (SSSR count). The quantitative estimate of drug-likeness (QED) is 0.480. The second-order valence-corrected chi connectivity index (χ2v) is 6.35. The van der Waals surface area contributed by atoms with Crippen LogP contribution in [0.15, 0.2) is 48.5 Å². The highest BCUT2D eigenvalue weighted by atomic mass is 16.5. The number of carbonyl (C=O) groups is 3. The number of nitrogens with one attached hydrogen (secondary N) is 2. The molecule has 0 heterocycles. The summed E-state index contributed by atoms with van der Waals surface area (Å²) in [6.07, 6.45) is 6.30. The zero-order valence-corrected chi connectivity index (χ0v) is 16.4. The van der Waals surface area contributed by atoms with E-state index in [-0.39, 0.29) is 37.0 Å². The van der Waals surface area contributed by atoms with Crippen LogP contribution in [0.1, 0.15) is 42.1 Å². The normalized spacial score (nSPS) is 9.93. The molecule has 2 amide bonds. The second-order valence-electron chi connectivity index (χ2n) is 6.35. The number of Topliss-reactive ketones (excluding diaryl/α,β-unsaturated/α-hetero) is 1. The standard InChI is InChI=1S/C23H24N2O4/c1-3-14-29-20-10-8-18(9-11-20)21(26)12-13-22(27)24-16-23(28)25-19-7-5-6-17(4-2)15-19/h2,5-11,15H,3,12-14,16H2,1H3,(H,24,27)(H,25,28). The highest BCUT2D eigenvalue weighted by Gasteiger charge is 2.11. The predicted octanol–water partition coefficient (Wildman–Crippen LogP) is 3.17. The van der Waals surface area contributed by atoms with Gasteiger partial charge in [-0.05, 0) is 48.9 Å². The summed E-state index contributed by atoms with van der Waals surface area (Å²) in [7, 11) is 0. The Kier molecular flexibility index (Phi) is 8.46. The van der Waals surface area contributed by atoms with Crippen molar-refractivity contribution in [2.75, 3.05) is 18.5 Å². The molecule has 0 bridgehead atoms. The zero-order valence-electron chi connectivity index (χ0n) is 16.4. The van der Waals surface area contributed by atoms with Gasteiger partial charge in [0.25, 0.3) is 0 Å². The first-order chi connectivity index (χ1) is 14.0. The zero-order chi connectivity index (χ0) is 21.1. The average molecular weight is 392 g/mol. The first-order valence-corrected chi connectivity index (χ1v) is 9.41. The molecular formula is C23H24N2O4. The SMILES string of the molecule is C#Cc1cccc(NC(=O)CNC(=O)CCC(=O)c2ccc(OCCC)cc2)c1. The minimum Gasteiger partial charge on any atom is -0.494 e. The molecule has 0 radical (unpaired) electrons. The lowest BCUT2D eigenvalue weighted by Crippen LogP contribution is -2.33. The molecule has 0 aliphatic heterocycles. The molecule has 0 fully saturated rings. The molecule has 0 aromatic heterocycles. The van der Waals surface area contributed by atoms with Crippen molar-refractivity contribution in [3.8, 4) is 18.1 Å². The van der Waals surface area contributed by atoms with Gasteiger partial charge in [-0.3, -0.25) is 14.4 Å². The van der Waals surface area contributed by atoms with Crippen LogP contribution in [0.4, 0.5) is 5.69 Å². The molecule has 150 valence electrons. The van der Waals surface area contributed by atoms with E-state index in [9.17, 15) is 14.4 Å². The van der Waals surface area contributed by atoms with E-state index in [0.717, 1.165) is 6.42 Å². The van der Waals surface area contributed by atoms with Crippen LogP contribution in [-0.4, -0.2) is 30.7 Å². The lowest BCUT2D eigenvalue weighted by molar-refractivity contribution is -0.124. The van der Waals surface area contributed by atoms with Crippen molar-refractivity contribution in [1.82, 2.24) is 5.32 Å². The number of carbonyl (C=O) groups excluding carboxylic acids is 3. The Balaban J connectivity index is 1.72. The molecule has 0 aliphatic carbocycles. The summed E-state index contributed by atoms with van der Waals surface area (Å²) in [5, 5.41) is 5.16. The summed E-state index contributed by atoms with van der Waals surface area (Å²) >= 11 is 0. The smallest absolute Gasteiger partial charge is 0.243 e. The Morgan fingerprint density at radius 2 is 1.79 bits per heavy atom. The molecule has 0 saturated heterocycles. The molecule has 29 heavy (non-hydrogen) atoms. The largest absolute Gasteiger partial charge is 0.494 e. The van der Waals surface area contributed by atoms with Crippen molar-refractivity contribution in [1.29, 1.82) is 0 Å². The molecule has 0 aliphatic rings. The minimum absolute atomic E-state index is 0.00672. The number of amides is 2. The fraction of sp³-hybridized carbons (Fsp3) is 0.261. The molecule has 2 aromatic carbocycles. The summed E-state index contributed by atoms with van der Waals surface area (Å²) in [5.74, 6) is 2.31. The Morgan fingerprint density at radius 1 is 1.03 bits per heavy atom. The summed E-state index contributed by atoms with van der Waals surface area (Å²) in [6, 6.07) is 13.7. The molecule has 0 spiro atoms. The van der Waals surface area contributed by atoms with Crippen LogP contribution in [0, 0.1) is 12.3 Å².